The number of ether oxygens (including phenoxy) is 2. The molecule has 272 valence electrons. The molecule has 6 aromatic rings. The van der Waals surface area contributed by atoms with Crippen LogP contribution in [0.5, 0.6) is 17.2 Å². The van der Waals surface area contributed by atoms with Crippen molar-refractivity contribution in [1.29, 1.82) is 0 Å². The summed E-state index contributed by atoms with van der Waals surface area (Å²) in [5.41, 5.74) is 2.08. The summed E-state index contributed by atoms with van der Waals surface area (Å²) in [6.07, 6.45) is -3.84. The van der Waals surface area contributed by atoms with Crippen molar-refractivity contribution >= 4 is 16.6 Å². The maximum absolute atomic E-state index is 13.2. The molecule has 0 saturated carbocycles. The second kappa shape index (κ2) is 16.7. The Hall–Kier alpha value is -5.82. The van der Waals surface area contributed by atoms with Crippen molar-refractivity contribution in [2.24, 2.45) is 0 Å². The monoisotopic (exact) mass is 723 g/mol. The first-order chi connectivity index (χ1) is 25.6. The number of rotatable bonds is 15. The van der Waals surface area contributed by atoms with Gasteiger partial charge in [0.15, 0.2) is 5.75 Å². The van der Waals surface area contributed by atoms with Crippen molar-refractivity contribution in [2.75, 3.05) is 13.2 Å². The number of hydrogen-bond acceptors (Lipinski definition) is 8. The molecule has 0 fully saturated rings. The molecule has 0 bridgehead atoms. The summed E-state index contributed by atoms with van der Waals surface area (Å²) in [5, 5.41) is 34.5. The predicted octanol–water partition coefficient (Wildman–Crippen LogP) is 8.67. The van der Waals surface area contributed by atoms with Crippen LogP contribution in [0, 0.1) is 10.1 Å². The van der Waals surface area contributed by atoms with Gasteiger partial charge in [0, 0.05) is 36.8 Å². The van der Waals surface area contributed by atoms with Gasteiger partial charge in [0.05, 0.1) is 28.7 Å². The lowest BCUT2D eigenvalue weighted by atomic mass is 10.0. The fourth-order valence-electron chi connectivity index (χ4n) is 6.02. The average Bonchev–Trinajstić information content (AvgIpc) is 3.16. The normalized spacial score (nSPS) is 12.8. The van der Waals surface area contributed by atoms with Gasteiger partial charge in [0.1, 0.15) is 18.1 Å². The molecule has 0 unspecified atom stereocenters. The van der Waals surface area contributed by atoms with Crippen LogP contribution in [0.3, 0.4) is 0 Å². The molecule has 0 aliphatic carbocycles. The van der Waals surface area contributed by atoms with E-state index in [1.807, 2.05) is 77.7 Å². The number of pyridine rings is 1. The number of benzene rings is 5. The summed E-state index contributed by atoms with van der Waals surface area (Å²) in [6.45, 7) is 0.351. The van der Waals surface area contributed by atoms with E-state index in [4.69, 9.17) is 9.47 Å². The number of alkyl halides is 3. The Balaban J connectivity index is 1.18. The van der Waals surface area contributed by atoms with Crippen LogP contribution in [0.1, 0.15) is 33.9 Å². The van der Waals surface area contributed by atoms with E-state index in [1.165, 1.54) is 24.4 Å². The lowest BCUT2D eigenvalue weighted by Gasteiger charge is -2.32. The number of aliphatic hydroxyl groups excluding tert-OH is 2. The first-order valence-electron chi connectivity index (χ1n) is 16.8. The molecule has 2 N–H and O–H groups in total. The van der Waals surface area contributed by atoms with Crippen LogP contribution in [0.4, 0.5) is 18.9 Å². The number of hydrogen-bond donors (Lipinski definition) is 2. The lowest BCUT2D eigenvalue weighted by Crippen LogP contribution is -2.41. The predicted molar refractivity (Wildman–Crippen MR) is 194 cm³/mol. The molecule has 0 saturated heterocycles. The molecule has 0 aliphatic rings. The molecule has 0 spiro atoms. The van der Waals surface area contributed by atoms with E-state index in [2.05, 4.69) is 4.98 Å². The van der Waals surface area contributed by atoms with E-state index in [0.29, 0.717) is 35.4 Å². The van der Waals surface area contributed by atoms with Crippen molar-refractivity contribution in [3.05, 3.63) is 172 Å². The Morgan fingerprint density at radius 1 is 0.811 bits per heavy atom. The molecule has 53 heavy (non-hydrogen) atoms. The highest BCUT2D eigenvalue weighted by Crippen LogP contribution is 2.35. The van der Waals surface area contributed by atoms with E-state index in [9.17, 15) is 33.5 Å². The second-order valence-electron chi connectivity index (χ2n) is 12.5. The highest BCUT2D eigenvalue weighted by atomic mass is 19.4. The minimum absolute atomic E-state index is 0.0634. The smallest absolute Gasteiger partial charge is 0.416 e. The average molecular weight is 724 g/mol. The minimum Gasteiger partial charge on any atom is -0.482 e. The van der Waals surface area contributed by atoms with E-state index in [1.54, 1.807) is 24.3 Å². The van der Waals surface area contributed by atoms with Gasteiger partial charge >= 0.3 is 11.9 Å². The van der Waals surface area contributed by atoms with E-state index in [0.717, 1.165) is 28.8 Å². The SMILES string of the molecule is O=[N+]([O-])c1cc([C@@H](O)CN(Cc2ccccc2)[C@H](CO)Cc2ccc(Oc3ccnc4cc(C(F)(F)F)ccc34)cc2)ccc1OCc1ccccc1. The number of aromatic nitrogens is 1. The van der Waals surface area contributed by atoms with Crippen LogP contribution in [-0.4, -0.2) is 44.2 Å². The number of halogens is 3. The molecule has 5 aromatic carbocycles. The van der Waals surface area contributed by atoms with E-state index < -0.39 is 28.8 Å². The molecule has 1 aromatic heterocycles. The molecule has 0 amide bonds. The molecular weight excluding hydrogens is 687 g/mol. The van der Waals surface area contributed by atoms with Gasteiger partial charge in [-0.2, -0.15) is 13.2 Å². The van der Waals surface area contributed by atoms with Gasteiger partial charge in [-0.1, -0.05) is 78.9 Å². The van der Waals surface area contributed by atoms with Crippen LogP contribution in [0.2, 0.25) is 0 Å². The van der Waals surface area contributed by atoms with Crippen LogP contribution >= 0.6 is 0 Å². The van der Waals surface area contributed by atoms with Crippen molar-refractivity contribution in [2.45, 2.75) is 37.9 Å². The third-order valence-corrected chi connectivity index (χ3v) is 8.82. The van der Waals surface area contributed by atoms with Crippen molar-refractivity contribution < 1.29 is 37.8 Å². The maximum atomic E-state index is 13.2. The molecule has 2 atom stereocenters. The number of fused-ring (bicyclic) bond motifs is 1. The second-order valence-corrected chi connectivity index (χ2v) is 12.5. The van der Waals surface area contributed by atoms with Crippen LogP contribution < -0.4 is 9.47 Å². The summed E-state index contributed by atoms with van der Waals surface area (Å²) in [7, 11) is 0. The first kappa shape index (κ1) is 37.0. The van der Waals surface area contributed by atoms with Gasteiger partial charge in [0.2, 0.25) is 0 Å². The lowest BCUT2D eigenvalue weighted by molar-refractivity contribution is -0.386. The Morgan fingerprint density at radius 3 is 2.17 bits per heavy atom. The molecule has 1 heterocycles. The van der Waals surface area contributed by atoms with Gasteiger partial charge in [-0.05, 0) is 71.1 Å². The molecule has 6 rings (SSSR count). The highest BCUT2D eigenvalue weighted by molar-refractivity contribution is 5.85. The summed E-state index contributed by atoms with van der Waals surface area (Å²) < 4.78 is 51.5. The maximum Gasteiger partial charge on any atom is 0.416 e. The number of nitro groups is 1. The van der Waals surface area contributed by atoms with Gasteiger partial charge in [0.25, 0.3) is 0 Å². The molecular formula is C41H36F3N3O6. The fourth-order valence-corrected chi connectivity index (χ4v) is 6.02. The first-order valence-corrected chi connectivity index (χ1v) is 16.8. The Bertz CT molecular complexity index is 2130. The van der Waals surface area contributed by atoms with Crippen molar-refractivity contribution in [3.8, 4) is 17.2 Å². The van der Waals surface area contributed by atoms with Crippen LogP contribution in [0.25, 0.3) is 10.9 Å². The molecule has 0 radical (unpaired) electrons. The van der Waals surface area contributed by atoms with Crippen molar-refractivity contribution in [1.82, 2.24) is 9.88 Å². The zero-order valence-electron chi connectivity index (χ0n) is 28.4. The Labute approximate surface area is 303 Å². The van der Waals surface area contributed by atoms with Crippen LogP contribution in [-0.2, 0) is 25.7 Å². The van der Waals surface area contributed by atoms with Gasteiger partial charge in [-0.25, -0.2) is 0 Å². The number of nitro benzene ring substituents is 1. The summed E-state index contributed by atoms with van der Waals surface area (Å²) in [6, 6.07) is 34.8. The molecule has 9 nitrogen and oxygen atoms in total. The summed E-state index contributed by atoms with van der Waals surface area (Å²) in [5.74, 6) is 0.893. The highest BCUT2D eigenvalue weighted by Gasteiger charge is 2.31. The zero-order valence-corrected chi connectivity index (χ0v) is 28.4. The molecule has 0 aliphatic heterocycles. The Morgan fingerprint density at radius 2 is 1.51 bits per heavy atom. The third-order valence-electron chi connectivity index (χ3n) is 8.82. The van der Waals surface area contributed by atoms with Crippen molar-refractivity contribution in [3.63, 3.8) is 0 Å². The zero-order chi connectivity index (χ0) is 37.4. The molecule has 12 heteroatoms. The summed E-state index contributed by atoms with van der Waals surface area (Å²) >= 11 is 0. The van der Waals surface area contributed by atoms with Gasteiger partial charge < -0.3 is 19.7 Å². The summed E-state index contributed by atoms with van der Waals surface area (Å²) in [4.78, 5) is 17.5. The fraction of sp³-hybridized carbons (Fsp3) is 0.195. The van der Waals surface area contributed by atoms with Gasteiger partial charge in [-0.15, -0.1) is 0 Å². The largest absolute Gasteiger partial charge is 0.482 e. The topological polar surface area (TPSA) is 118 Å². The third kappa shape index (κ3) is 9.54. The van der Waals surface area contributed by atoms with E-state index >= 15 is 0 Å². The Kier molecular flexibility index (Phi) is 11.6. The van der Waals surface area contributed by atoms with Gasteiger partial charge in [-0.3, -0.25) is 20.0 Å². The van der Waals surface area contributed by atoms with E-state index in [-0.39, 0.29) is 36.7 Å². The number of nitrogens with zero attached hydrogens (tertiary/aromatic N) is 3. The standard InChI is InChI=1S/C41H36F3N3O6/c42-41(43,44)32-14-17-35-36(23-32)45-20-19-39(35)53-34-15-11-28(12-16-34)21-33(26-48)46(24-29-7-3-1-4-8-29)25-38(49)31-13-18-40(37(22-31)47(50)51)52-27-30-9-5-2-6-10-30/h1-20,22-23,33,38,48-49H,21,24-27H2/t33-,38-/m0/s1. The van der Waals surface area contributed by atoms with Crippen LogP contribution in [0.15, 0.2) is 134 Å². The number of aliphatic hydroxyl groups is 2. The quantitative estimate of drug-likeness (QED) is 0.0799. The minimum atomic E-state index is -4.49.